The number of ether oxygens (including phenoxy) is 4. The lowest BCUT2D eigenvalue weighted by atomic mass is 10.2. The molecule has 0 amide bonds. The van der Waals surface area contributed by atoms with Crippen molar-refractivity contribution in [2.24, 2.45) is 5.92 Å². The molecule has 6 nitrogen and oxygen atoms in total. The zero-order valence-electron chi connectivity index (χ0n) is 17.4. The Labute approximate surface area is 173 Å². The van der Waals surface area contributed by atoms with Crippen molar-refractivity contribution in [2.75, 3.05) is 44.5 Å². The largest absolute Gasteiger partial charge is 0.465 e. The van der Waals surface area contributed by atoms with Gasteiger partial charge in [0.1, 0.15) is 5.76 Å². The van der Waals surface area contributed by atoms with Gasteiger partial charge in [-0.15, -0.1) is 0 Å². The molecule has 1 aliphatic heterocycles. The molecular weight excluding hydrogens is 380 g/mol. The summed E-state index contributed by atoms with van der Waals surface area (Å²) in [7, 11) is 0. The van der Waals surface area contributed by atoms with Gasteiger partial charge in [-0.1, -0.05) is 13.8 Å². The standard InChI is InChI=1S/C21H36O6S/c1-3-16-28-17-18(2)21(23)26-14-7-6-12-24-11-4-5-13-25-15-10-19-8-9-20(22)27-19/h10,18H,3-9,11-17H2,1-2H3/b19-10-. The summed E-state index contributed by atoms with van der Waals surface area (Å²) in [5, 5.41) is 0. The maximum Gasteiger partial charge on any atom is 0.311 e. The van der Waals surface area contributed by atoms with Gasteiger partial charge in [0.05, 0.1) is 25.6 Å². The van der Waals surface area contributed by atoms with Crippen molar-refractivity contribution in [3.8, 4) is 0 Å². The fourth-order valence-corrected chi connectivity index (χ4v) is 3.40. The molecule has 1 saturated heterocycles. The molecular formula is C21H36O6S. The molecule has 28 heavy (non-hydrogen) atoms. The summed E-state index contributed by atoms with van der Waals surface area (Å²) in [6.07, 6.45) is 7.75. The third-order valence-electron chi connectivity index (χ3n) is 4.12. The van der Waals surface area contributed by atoms with Crippen LogP contribution >= 0.6 is 11.8 Å². The molecule has 1 rings (SSSR count). The number of cyclic esters (lactones) is 1. The van der Waals surface area contributed by atoms with E-state index < -0.39 is 0 Å². The molecule has 0 spiro atoms. The molecule has 0 N–H and O–H groups in total. The highest BCUT2D eigenvalue weighted by Gasteiger charge is 2.16. The highest BCUT2D eigenvalue weighted by atomic mass is 32.2. The van der Waals surface area contributed by atoms with Crippen molar-refractivity contribution in [1.82, 2.24) is 0 Å². The first-order valence-corrected chi connectivity index (χ1v) is 11.6. The van der Waals surface area contributed by atoms with E-state index in [0.29, 0.717) is 45.9 Å². The molecule has 1 fully saturated rings. The van der Waals surface area contributed by atoms with E-state index in [-0.39, 0.29) is 17.9 Å². The lowest BCUT2D eigenvalue weighted by molar-refractivity contribution is -0.147. The van der Waals surface area contributed by atoms with E-state index in [1.807, 2.05) is 13.0 Å². The Balaban J connectivity index is 1.80. The van der Waals surface area contributed by atoms with Crippen LogP contribution in [-0.2, 0) is 28.5 Å². The van der Waals surface area contributed by atoms with E-state index in [1.54, 1.807) is 11.8 Å². The first-order valence-electron chi connectivity index (χ1n) is 10.4. The third kappa shape index (κ3) is 13.2. The van der Waals surface area contributed by atoms with Crippen LogP contribution in [0.5, 0.6) is 0 Å². The summed E-state index contributed by atoms with van der Waals surface area (Å²) >= 11 is 1.81. The lowest BCUT2D eigenvalue weighted by Gasteiger charge is -2.11. The van der Waals surface area contributed by atoms with Gasteiger partial charge in [0.25, 0.3) is 0 Å². The van der Waals surface area contributed by atoms with Gasteiger partial charge >= 0.3 is 11.9 Å². The maximum atomic E-state index is 11.8. The Morgan fingerprint density at radius 2 is 1.79 bits per heavy atom. The number of carbonyl (C=O) groups is 2. The summed E-state index contributed by atoms with van der Waals surface area (Å²) in [5.74, 6) is 2.38. The van der Waals surface area contributed by atoms with Crippen molar-refractivity contribution < 1.29 is 28.5 Å². The van der Waals surface area contributed by atoms with E-state index in [2.05, 4.69) is 6.92 Å². The third-order valence-corrected chi connectivity index (χ3v) is 5.56. The van der Waals surface area contributed by atoms with Gasteiger partial charge in [-0.05, 0) is 43.9 Å². The normalized spacial score (nSPS) is 16.4. The molecule has 0 saturated carbocycles. The summed E-state index contributed by atoms with van der Waals surface area (Å²) in [6, 6.07) is 0. The Hall–Kier alpha value is -1.05. The number of carbonyl (C=O) groups excluding carboxylic acids is 2. The van der Waals surface area contributed by atoms with Crippen LogP contribution in [0.25, 0.3) is 0 Å². The van der Waals surface area contributed by atoms with Crippen LogP contribution < -0.4 is 0 Å². The summed E-state index contributed by atoms with van der Waals surface area (Å²) in [4.78, 5) is 22.7. The van der Waals surface area contributed by atoms with E-state index >= 15 is 0 Å². The van der Waals surface area contributed by atoms with Gasteiger partial charge in [-0.3, -0.25) is 9.59 Å². The first kappa shape index (κ1) is 25.0. The molecule has 1 atom stereocenters. The van der Waals surface area contributed by atoms with Crippen LogP contribution in [0.2, 0.25) is 0 Å². The second-order valence-electron chi connectivity index (χ2n) is 6.89. The Kier molecular flexibility index (Phi) is 15.0. The SMILES string of the molecule is CCCSCC(C)C(=O)OCCCCOCCCCOC/C=C1/CCC(=O)O1. The number of thioether (sulfide) groups is 1. The number of hydrogen-bond donors (Lipinski definition) is 0. The van der Waals surface area contributed by atoms with Gasteiger partial charge in [-0.25, -0.2) is 0 Å². The smallest absolute Gasteiger partial charge is 0.311 e. The Morgan fingerprint density at radius 1 is 1.11 bits per heavy atom. The average molecular weight is 417 g/mol. The molecule has 162 valence electrons. The van der Waals surface area contributed by atoms with E-state index in [9.17, 15) is 9.59 Å². The van der Waals surface area contributed by atoms with Crippen molar-refractivity contribution in [3.63, 3.8) is 0 Å². The minimum Gasteiger partial charge on any atom is -0.465 e. The number of esters is 2. The minimum absolute atomic E-state index is 0.0283. The Bertz CT molecular complexity index is 466. The van der Waals surface area contributed by atoms with Crippen molar-refractivity contribution in [1.29, 1.82) is 0 Å². The average Bonchev–Trinajstić information content (AvgIpc) is 3.10. The maximum absolute atomic E-state index is 11.8. The molecule has 0 aromatic carbocycles. The summed E-state index contributed by atoms with van der Waals surface area (Å²) in [6.45, 7) is 7.11. The topological polar surface area (TPSA) is 71.1 Å². The minimum atomic E-state index is -0.155. The van der Waals surface area contributed by atoms with Gasteiger partial charge in [0.15, 0.2) is 0 Å². The van der Waals surface area contributed by atoms with Gasteiger partial charge in [-0.2, -0.15) is 11.8 Å². The molecule has 0 aromatic rings. The Morgan fingerprint density at radius 3 is 2.43 bits per heavy atom. The number of rotatable bonds is 17. The van der Waals surface area contributed by atoms with E-state index in [0.717, 1.165) is 49.4 Å². The second-order valence-corrected chi connectivity index (χ2v) is 8.04. The van der Waals surface area contributed by atoms with Crippen LogP contribution in [0.1, 0.15) is 58.8 Å². The summed E-state index contributed by atoms with van der Waals surface area (Å²) < 4.78 is 21.4. The van der Waals surface area contributed by atoms with Crippen LogP contribution in [0.15, 0.2) is 11.8 Å². The van der Waals surface area contributed by atoms with Crippen LogP contribution in [0, 0.1) is 5.92 Å². The van der Waals surface area contributed by atoms with E-state index in [1.165, 1.54) is 0 Å². The summed E-state index contributed by atoms with van der Waals surface area (Å²) in [5.41, 5.74) is 0. The zero-order chi connectivity index (χ0) is 20.5. The first-order chi connectivity index (χ1) is 13.6. The van der Waals surface area contributed by atoms with Crippen molar-refractivity contribution >= 4 is 23.7 Å². The monoisotopic (exact) mass is 416 g/mol. The van der Waals surface area contributed by atoms with Gasteiger partial charge < -0.3 is 18.9 Å². The molecule has 0 aromatic heterocycles. The van der Waals surface area contributed by atoms with Crippen LogP contribution in [-0.4, -0.2) is 56.5 Å². The highest BCUT2D eigenvalue weighted by Crippen LogP contribution is 2.16. The fraction of sp³-hybridized carbons (Fsp3) is 0.810. The van der Waals surface area contributed by atoms with Crippen LogP contribution in [0.3, 0.4) is 0 Å². The van der Waals surface area contributed by atoms with Gasteiger partial charge in [0, 0.05) is 32.0 Å². The van der Waals surface area contributed by atoms with E-state index in [4.69, 9.17) is 18.9 Å². The fourth-order valence-electron chi connectivity index (χ4n) is 2.46. The lowest BCUT2D eigenvalue weighted by Crippen LogP contribution is -2.18. The molecule has 0 radical (unpaired) electrons. The van der Waals surface area contributed by atoms with Gasteiger partial charge in [0.2, 0.25) is 0 Å². The molecule has 1 aliphatic rings. The van der Waals surface area contributed by atoms with Crippen molar-refractivity contribution in [3.05, 3.63) is 11.8 Å². The number of unbranched alkanes of at least 4 members (excludes halogenated alkanes) is 2. The number of allylic oxidation sites excluding steroid dienone is 1. The zero-order valence-corrected chi connectivity index (χ0v) is 18.2. The highest BCUT2D eigenvalue weighted by molar-refractivity contribution is 7.99. The van der Waals surface area contributed by atoms with Crippen LogP contribution in [0.4, 0.5) is 0 Å². The second kappa shape index (κ2) is 16.9. The predicted octanol–water partition coefficient (Wildman–Crippen LogP) is 4.12. The molecule has 0 bridgehead atoms. The predicted molar refractivity (Wildman–Crippen MR) is 111 cm³/mol. The molecule has 0 aliphatic carbocycles. The number of hydrogen-bond acceptors (Lipinski definition) is 7. The molecule has 7 heteroatoms. The quantitative estimate of drug-likeness (QED) is 0.261. The molecule has 1 unspecified atom stereocenters. The molecule has 1 heterocycles. The van der Waals surface area contributed by atoms with Crippen molar-refractivity contribution in [2.45, 2.75) is 58.8 Å².